The van der Waals surface area contributed by atoms with Crippen molar-refractivity contribution in [3.05, 3.63) is 61.3 Å². The number of carbonyl (C=O) groups is 1. The Kier molecular flexibility index (Phi) is 6.92. The van der Waals surface area contributed by atoms with Crippen molar-refractivity contribution in [2.75, 3.05) is 18.4 Å². The van der Waals surface area contributed by atoms with Gasteiger partial charge in [-0.05, 0) is 24.3 Å². The highest BCUT2D eigenvalue weighted by Gasteiger charge is 2.16. The van der Waals surface area contributed by atoms with Gasteiger partial charge < -0.3 is 10.2 Å². The lowest BCUT2D eigenvalue weighted by Gasteiger charge is -2.18. The van der Waals surface area contributed by atoms with Crippen molar-refractivity contribution in [2.24, 2.45) is 5.14 Å². The zero-order valence-electron chi connectivity index (χ0n) is 13.0. The second-order valence-corrected chi connectivity index (χ2v) is 6.23. The first-order chi connectivity index (χ1) is 11.3. The largest absolute Gasteiger partial charge is 0.360 e. The van der Waals surface area contributed by atoms with Crippen LogP contribution in [0.2, 0.25) is 0 Å². The normalized spacial score (nSPS) is 11.2. The van der Waals surface area contributed by atoms with Gasteiger partial charge in [0.2, 0.25) is 10.0 Å². The first kappa shape index (κ1) is 19.2. The molecule has 1 rings (SSSR count). The number of nitrogens with zero attached hydrogens (tertiary/aromatic N) is 2. The van der Waals surface area contributed by atoms with Gasteiger partial charge in [-0.25, -0.2) is 13.6 Å². The number of carbonyl (C=O) groups excluding carboxylic acids is 1. The van der Waals surface area contributed by atoms with Crippen LogP contribution in [-0.4, -0.2) is 32.3 Å². The van der Waals surface area contributed by atoms with Gasteiger partial charge in [0.25, 0.3) is 5.91 Å². The molecule has 0 unspecified atom stereocenters. The average molecular weight is 346 g/mol. The lowest BCUT2D eigenvalue weighted by molar-refractivity contribution is -0.125. The van der Waals surface area contributed by atoms with Crippen molar-refractivity contribution in [3.63, 3.8) is 0 Å². The quantitative estimate of drug-likeness (QED) is 0.419. The van der Waals surface area contributed by atoms with Gasteiger partial charge in [-0.2, -0.15) is 5.26 Å². The highest BCUT2D eigenvalue weighted by atomic mass is 32.2. The standard InChI is InChI=1S/C16H18N4O3S/c1-3-9-20(10-4-2)16(21)13(11-17)12-19-14-5-7-15(8-6-14)24(18,22)23/h3-8,12,19H,1-2,9-10H2,(H2,18,22,23)/b13-12-. The Morgan fingerprint density at radius 3 is 2.21 bits per heavy atom. The fraction of sp³-hybridized carbons (Fsp3) is 0.125. The lowest BCUT2D eigenvalue weighted by atomic mass is 10.2. The molecule has 0 radical (unpaired) electrons. The van der Waals surface area contributed by atoms with E-state index in [9.17, 15) is 13.2 Å². The van der Waals surface area contributed by atoms with Crippen molar-refractivity contribution in [1.29, 1.82) is 5.26 Å². The molecule has 24 heavy (non-hydrogen) atoms. The summed E-state index contributed by atoms with van der Waals surface area (Å²) in [6.45, 7) is 7.70. The van der Waals surface area contributed by atoms with Crippen LogP contribution in [0.15, 0.2) is 66.2 Å². The summed E-state index contributed by atoms with van der Waals surface area (Å²) in [5.41, 5.74) is 0.399. The van der Waals surface area contributed by atoms with Gasteiger partial charge in [0.15, 0.2) is 0 Å². The summed E-state index contributed by atoms with van der Waals surface area (Å²) in [5, 5.41) is 16.9. The number of amides is 1. The molecule has 1 aromatic carbocycles. The summed E-state index contributed by atoms with van der Waals surface area (Å²) in [6, 6.07) is 7.42. The molecule has 8 heteroatoms. The van der Waals surface area contributed by atoms with Gasteiger partial charge in [-0.15, -0.1) is 13.2 Å². The number of benzene rings is 1. The van der Waals surface area contributed by atoms with Crippen LogP contribution < -0.4 is 10.5 Å². The average Bonchev–Trinajstić information content (AvgIpc) is 2.54. The molecule has 126 valence electrons. The number of nitrogens with two attached hydrogens (primary N) is 1. The molecular formula is C16H18N4O3S. The van der Waals surface area contributed by atoms with E-state index in [4.69, 9.17) is 10.4 Å². The van der Waals surface area contributed by atoms with Crippen LogP contribution in [0.4, 0.5) is 5.69 Å². The molecule has 0 aliphatic carbocycles. The molecule has 0 aliphatic rings. The number of primary sulfonamides is 1. The first-order valence-electron chi connectivity index (χ1n) is 6.84. The van der Waals surface area contributed by atoms with E-state index in [-0.39, 0.29) is 23.6 Å². The first-order valence-corrected chi connectivity index (χ1v) is 8.38. The Labute approximate surface area is 141 Å². The minimum Gasteiger partial charge on any atom is -0.360 e. The van der Waals surface area contributed by atoms with Crippen molar-refractivity contribution in [1.82, 2.24) is 4.90 Å². The maximum atomic E-state index is 12.3. The van der Waals surface area contributed by atoms with Gasteiger partial charge in [0, 0.05) is 25.0 Å². The highest BCUT2D eigenvalue weighted by Crippen LogP contribution is 2.13. The Hall–Kier alpha value is -2.89. The van der Waals surface area contributed by atoms with E-state index in [0.717, 1.165) is 0 Å². The van der Waals surface area contributed by atoms with Crippen molar-refractivity contribution >= 4 is 21.6 Å². The number of anilines is 1. The van der Waals surface area contributed by atoms with E-state index >= 15 is 0 Å². The topological polar surface area (TPSA) is 116 Å². The third-order valence-electron chi connectivity index (χ3n) is 2.90. The molecule has 1 amide bonds. The molecule has 0 saturated heterocycles. The van der Waals surface area contributed by atoms with E-state index in [2.05, 4.69) is 18.5 Å². The lowest BCUT2D eigenvalue weighted by Crippen LogP contribution is -2.32. The van der Waals surface area contributed by atoms with Gasteiger partial charge in [0.1, 0.15) is 11.6 Å². The number of hydrogen-bond acceptors (Lipinski definition) is 5. The molecule has 0 aliphatic heterocycles. The number of nitriles is 1. The molecule has 0 heterocycles. The van der Waals surface area contributed by atoms with Crippen LogP contribution in [0.25, 0.3) is 0 Å². The maximum Gasteiger partial charge on any atom is 0.266 e. The van der Waals surface area contributed by atoms with Crippen LogP contribution in [-0.2, 0) is 14.8 Å². The van der Waals surface area contributed by atoms with E-state index in [1.165, 1.54) is 35.4 Å². The van der Waals surface area contributed by atoms with E-state index < -0.39 is 15.9 Å². The monoisotopic (exact) mass is 346 g/mol. The highest BCUT2D eigenvalue weighted by molar-refractivity contribution is 7.89. The van der Waals surface area contributed by atoms with Gasteiger partial charge in [-0.1, -0.05) is 12.2 Å². The van der Waals surface area contributed by atoms with E-state index in [0.29, 0.717) is 5.69 Å². The summed E-state index contributed by atoms with van der Waals surface area (Å²) in [4.78, 5) is 13.6. The predicted octanol–water partition coefficient (Wildman–Crippen LogP) is 1.35. The molecule has 0 saturated carbocycles. The van der Waals surface area contributed by atoms with E-state index in [1.54, 1.807) is 12.2 Å². The molecule has 0 fully saturated rings. The van der Waals surface area contributed by atoms with Crippen LogP contribution >= 0.6 is 0 Å². The Bertz CT molecular complexity index is 780. The maximum absolute atomic E-state index is 12.3. The SMILES string of the molecule is C=CCN(CC=C)C(=O)/C(C#N)=C\Nc1ccc(S(N)(=O)=O)cc1. The summed E-state index contributed by atoms with van der Waals surface area (Å²) < 4.78 is 22.4. The van der Waals surface area contributed by atoms with E-state index in [1.807, 2.05) is 6.07 Å². The van der Waals surface area contributed by atoms with Gasteiger partial charge in [0.05, 0.1) is 4.90 Å². The number of sulfonamides is 1. The zero-order valence-corrected chi connectivity index (χ0v) is 13.8. The second kappa shape index (κ2) is 8.67. The van der Waals surface area contributed by atoms with Gasteiger partial charge >= 0.3 is 0 Å². The smallest absolute Gasteiger partial charge is 0.266 e. The fourth-order valence-corrected chi connectivity index (χ4v) is 2.28. The summed E-state index contributed by atoms with van der Waals surface area (Å²) in [6.07, 6.45) is 4.36. The molecule has 0 spiro atoms. The van der Waals surface area contributed by atoms with Crippen LogP contribution in [0.5, 0.6) is 0 Å². The van der Waals surface area contributed by atoms with Crippen molar-refractivity contribution < 1.29 is 13.2 Å². The van der Waals surface area contributed by atoms with Crippen LogP contribution in [0, 0.1) is 11.3 Å². The molecule has 0 aromatic heterocycles. The number of hydrogen-bond donors (Lipinski definition) is 2. The molecule has 3 N–H and O–H groups in total. The Balaban J connectivity index is 2.93. The van der Waals surface area contributed by atoms with Gasteiger partial charge in [-0.3, -0.25) is 4.79 Å². The van der Waals surface area contributed by atoms with Crippen LogP contribution in [0.3, 0.4) is 0 Å². The third kappa shape index (κ3) is 5.39. The predicted molar refractivity (Wildman–Crippen MR) is 92.1 cm³/mol. The zero-order chi connectivity index (χ0) is 18.2. The van der Waals surface area contributed by atoms with Crippen LogP contribution in [0.1, 0.15) is 0 Å². The van der Waals surface area contributed by atoms with Crippen molar-refractivity contribution in [2.45, 2.75) is 4.90 Å². The molecule has 1 aromatic rings. The fourth-order valence-electron chi connectivity index (χ4n) is 1.76. The third-order valence-corrected chi connectivity index (χ3v) is 3.83. The number of rotatable bonds is 8. The Morgan fingerprint density at radius 1 is 1.25 bits per heavy atom. The Morgan fingerprint density at radius 2 is 1.79 bits per heavy atom. The molecule has 0 atom stereocenters. The number of nitrogens with one attached hydrogen (secondary N) is 1. The second-order valence-electron chi connectivity index (χ2n) is 4.67. The summed E-state index contributed by atoms with van der Waals surface area (Å²) >= 11 is 0. The molecule has 0 bridgehead atoms. The molecular weight excluding hydrogens is 328 g/mol. The summed E-state index contributed by atoms with van der Waals surface area (Å²) in [5.74, 6) is -0.467. The minimum absolute atomic E-state index is 0.0308. The van der Waals surface area contributed by atoms with Crippen molar-refractivity contribution in [3.8, 4) is 6.07 Å². The summed E-state index contributed by atoms with van der Waals surface area (Å²) in [7, 11) is -3.77. The minimum atomic E-state index is -3.77. The molecule has 7 nitrogen and oxygen atoms in total.